The molecule has 5 rings (SSSR count). The Labute approximate surface area is 146 Å². The Morgan fingerprint density at radius 3 is 2.64 bits per heavy atom. The summed E-state index contributed by atoms with van der Waals surface area (Å²) in [6.45, 7) is 1.98. The number of pyridine rings is 2. The van der Waals surface area contributed by atoms with Crippen molar-refractivity contribution in [2.45, 2.75) is 38.5 Å². The van der Waals surface area contributed by atoms with E-state index >= 15 is 0 Å². The first-order valence-corrected chi connectivity index (χ1v) is 9.05. The number of para-hydroxylation sites is 1. The lowest BCUT2D eigenvalue weighted by Gasteiger charge is -2.09. The molecule has 124 valence electrons. The van der Waals surface area contributed by atoms with E-state index in [2.05, 4.69) is 47.6 Å². The Bertz CT molecular complexity index is 1060. The summed E-state index contributed by atoms with van der Waals surface area (Å²) in [6, 6.07) is 14.7. The number of aryl methyl sites for hydroxylation is 1. The molecule has 4 aromatic rings. The second-order valence-corrected chi connectivity index (χ2v) is 7.05. The molecule has 1 aliphatic carbocycles. The molecule has 0 N–H and O–H groups in total. The van der Waals surface area contributed by atoms with Crippen LogP contribution in [0.1, 0.15) is 42.9 Å². The van der Waals surface area contributed by atoms with E-state index in [0.717, 1.165) is 33.3 Å². The van der Waals surface area contributed by atoms with E-state index in [-0.39, 0.29) is 0 Å². The molecule has 0 aliphatic heterocycles. The number of hydrogen-bond acceptors (Lipinski definition) is 3. The first-order valence-electron chi connectivity index (χ1n) is 9.05. The number of benzene rings is 1. The summed E-state index contributed by atoms with van der Waals surface area (Å²) >= 11 is 0. The lowest BCUT2D eigenvalue weighted by Crippen LogP contribution is -1.94. The SMILES string of the molecule is Cc1ccc2c(n1)oc1c(-c3ccc(C4CCCC4)cn3)cccc12. The van der Waals surface area contributed by atoms with E-state index in [1.807, 2.05) is 13.0 Å². The molecule has 0 spiro atoms. The molecule has 1 saturated carbocycles. The van der Waals surface area contributed by atoms with Gasteiger partial charge in [-0.15, -0.1) is 0 Å². The van der Waals surface area contributed by atoms with Gasteiger partial charge in [0.05, 0.1) is 5.69 Å². The molecule has 3 nitrogen and oxygen atoms in total. The Morgan fingerprint density at radius 1 is 0.960 bits per heavy atom. The Hall–Kier alpha value is -2.68. The molecule has 1 aromatic carbocycles. The van der Waals surface area contributed by atoms with Gasteiger partial charge in [-0.3, -0.25) is 4.98 Å². The summed E-state index contributed by atoms with van der Waals surface area (Å²) in [6.07, 6.45) is 7.33. The van der Waals surface area contributed by atoms with E-state index < -0.39 is 0 Å². The van der Waals surface area contributed by atoms with Crippen LogP contribution in [0.5, 0.6) is 0 Å². The molecule has 1 fully saturated rings. The van der Waals surface area contributed by atoms with E-state index in [9.17, 15) is 0 Å². The van der Waals surface area contributed by atoms with Crippen molar-refractivity contribution in [3.8, 4) is 11.3 Å². The van der Waals surface area contributed by atoms with Gasteiger partial charge in [-0.25, -0.2) is 4.98 Å². The molecule has 0 atom stereocenters. The number of hydrogen-bond donors (Lipinski definition) is 0. The molecular weight excluding hydrogens is 308 g/mol. The van der Waals surface area contributed by atoms with Crippen LogP contribution in [0.25, 0.3) is 33.3 Å². The van der Waals surface area contributed by atoms with Gasteiger partial charge < -0.3 is 4.42 Å². The minimum atomic E-state index is 0.690. The maximum absolute atomic E-state index is 6.10. The third-order valence-corrected chi connectivity index (χ3v) is 5.39. The van der Waals surface area contributed by atoms with Crippen molar-refractivity contribution in [3.63, 3.8) is 0 Å². The fourth-order valence-corrected chi connectivity index (χ4v) is 4.04. The highest BCUT2D eigenvalue weighted by molar-refractivity contribution is 6.08. The van der Waals surface area contributed by atoms with Crippen LogP contribution < -0.4 is 0 Å². The fraction of sp³-hybridized carbons (Fsp3) is 0.273. The number of nitrogens with zero attached hydrogens (tertiary/aromatic N) is 2. The minimum absolute atomic E-state index is 0.690. The van der Waals surface area contributed by atoms with Gasteiger partial charge >= 0.3 is 0 Å². The first-order chi connectivity index (χ1) is 12.3. The Morgan fingerprint density at radius 2 is 1.84 bits per heavy atom. The summed E-state index contributed by atoms with van der Waals surface area (Å²) in [7, 11) is 0. The van der Waals surface area contributed by atoms with Crippen molar-refractivity contribution in [2.75, 3.05) is 0 Å². The highest BCUT2D eigenvalue weighted by atomic mass is 16.3. The van der Waals surface area contributed by atoms with E-state index in [1.54, 1.807) is 0 Å². The number of fused-ring (bicyclic) bond motifs is 3. The Balaban J connectivity index is 1.63. The molecule has 3 heteroatoms. The smallest absolute Gasteiger partial charge is 0.227 e. The normalized spacial score (nSPS) is 15.4. The topological polar surface area (TPSA) is 38.9 Å². The second kappa shape index (κ2) is 5.69. The minimum Gasteiger partial charge on any atom is -0.437 e. The van der Waals surface area contributed by atoms with Gasteiger partial charge in [0.15, 0.2) is 0 Å². The van der Waals surface area contributed by atoms with Crippen LogP contribution in [0.2, 0.25) is 0 Å². The summed E-state index contributed by atoms with van der Waals surface area (Å²) in [5, 5.41) is 2.16. The molecule has 0 amide bonds. The van der Waals surface area contributed by atoms with Crippen molar-refractivity contribution in [2.24, 2.45) is 0 Å². The van der Waals surface area contributed by atoms with Crippen LogP contribution in [0.15, 0.2) is 53.1 Å². The maximum atomic E-state index is 6.10. The molecule has 0 saturated heterocycles. The highest BCUT2D eigenvalue weighted by Gasteiger charge is 2.18. The van der Waals surface area contributed by atoms with Gasteiger partial charge in [-0.05, 0) is 55.5 Å². The largest absolute Gasteiger partial charge is 0.437 e. The summed E-state index contributed by atoms with van der Waals surface area (Å²) in [5.74, 6) is 0.690. The van der Waals surface area contributed by atoms with Crippen LogP contribution in [0.3, 0.4) is 0 Å². The van der Waals surface area contributed by atoms with Crippen molar-refractivity contribution in [1.82, 2.24) is 9.97 Å². The predicted octanol–water partition coefficient (Wildman–Crippen LogP) is 6.01. The zero-order chi connectivity index (χ0) is 16.8. The molecule has 0 bridgehead atoms. The molecule has 0 unspecified atom stereocenters. The molecule has 25 heavy (non-hydrogen) atoms. The van der Waals surface area contributed by atoms with Gasteiger partial charge in [0.2, 0.25) is 5.71 Å². The van der Waals surface area contributed by atoms with Crippen molar-refractivity contribution in [1.29, 1.82) is 0 Å². The van der Waals surface area contributed by atoms with E-state index in [1.165, 1.54) is 31.2 Å². The molecular formula is C22H20N2O. The van der Waals surface area contributed by atoms with Crippen LogP contribution in [0, 0.1) is 6.92 Å². The average Bonchev–Trinajstić information content (AvgIpc) is 3.29. The maximum Gasteiger partial charge on any atom is 0.227 e. The Kier molecular flexibility index (Phi) is 3.34. The van der Waals surface area contributed by atoms with E-state index in [0.29, 0.717) is 11.6 Å². The quantitative estimate of drug-likeness (QED) is 0.452. The van der Waals surface area contributed by atoms with Gasteiger partial charge in [-0.1, -0.05) is 31.0 Å². The van der Waals surface area contributed by atoms with Crippen LogP contribution in [-0.4, -0.2) is 9.97 Å². The second-order valence-electron chi connectivity index (χ2n) is 7.05. The molecule has 3 aromatic heterocycles. The zero-order valence-corrected chi connectivity index (χ0v) is 14.3. The molecule has 3 heterocycles. The average molecular weight is 328 g/mol. The summed E-state index contributed by atoms with van der Waals surface area (Å²) in [4.78, 5) is 9.28. The monoisotopic (exact) mass is 328 g/mol. The van der Waals surface area contributed by atoms with Crippen molar-refractivity contribution in [3.05, 3.63) is 59.9 Å². The molecule has 0 radical (unpaired) electrons. The standard InChI is InChI=1S/C22H20N2O/c1-14-9-11-18-17-7-4-8-19(21(17)25-22(18)24-14)20-12-10-16(13-23-20)15-5-2-3-6-15/h4,7-13,15H,2-3,5-6H2,1H3. The fourth-order valence-electron chi connectivity index (χ4n) is 4.04. The van der Waals surface area contributed by atoms with Crippen molar-refractivity contribution >= 4 is 22.1 Å². The third-order valence-electron chi connectivity index (χ3n) is 5.39. The van der Waals surface area contributed by atoms with Gasteiger partial charge in [0.1, 0.15) is 5.58 Å². The highest BCUT2D eigenvalue weighted by Crippen LogP contribution is 2.36. The zero-order valence-electron chi connectivity index (χ0n) is 14.3. The van der Waals surface area contributed by atoms with Gasteiger partial charge in [-0.2, -0.15) is 0 Å². The third kappa shape index (κ3) is 2.42. The predicted molar refractivity (Wildman–Crippen MR) is 101 cm³/mol. The lowest BCUT2D eigenvalue weighted by atomic mass is 9.98. The number of furan rings is 1. The van der Waals surface area contributed by atoms with Gasteiger partial charge in [0.25, 0.3) is 0 Å². The summed E-state index contributed by atoms with van der Waals surface area (Å²) < 4.78 is 6.10. The molecule has 1 aliphatic rings. The summed E-state index contributed by atoms with van der Waals surface area (Å²) in [5.41, 5.74) is 5.90. The van der Waals surface area contributed by atoms with Crippen molar-refractivity contribution < 1.29 is 4.42 Å². The van der Waals surface area contributed by atoms with Crippen LogP contribution >= 0.6 is 0 Å². The van der Waals surface area contributed by atoms with E-state index in [4.69, 9.17) is 9.40 Å². The van der Waals surface area contributed by atoms with Gasteiger partial charge in [0, 0.05) is 28.2 Å². The van der Waals surface area contributed by atoms with Crippen LogP contribution in [0.4, 0.5) is 0 Å². The first kappa shape index (κ1) is 14.6. The number of rotatable bonds is 2. The van der Waals surface area contributed by atoms with Crippen LogP contribution in [-0.2, 0) is 0 Å². The number of aromatic nitrogens is 2. The lowest BCUT2D eigenvalue weighted by molar-refractivity contribution is 0.653.